The number of hydrogen-bond donors (Lipinski definition) is 1. The van der Waals surface area contributed by atoms with Gasteiger partial charge < -0.3 is 5.41 Å². The Hall–Kier alpha value is -0.590. The summed E-state index contributed by atoms with van der Waals surface area (Å²) in [7, 11) is 0. The van der Waals surface area contributed by atoms with Crippen molar-refractivity contribution >= 4 is 5.71 Å². The summed E-state index contributed by atoms with van der Waals surface area (Å²) < 4.78 is 0. The molecule has 1 heteroatoms. The zero-order valence-corrected chi connectivity index (χ0v) is 8.95. The van der Waals surface area contributed by atoms with Crippen molar-refractivity contribution in [2.75, 3.05) is 0 Å². The van der Waals surface area contributed by atoms with E-state index < -0.39 is 0 Å². The lowest BCUT2D eigenvalue weighted by molar-refractivity contribution is 0.721. The first-order valence-corrected chi connectivity index (χ1v) is 5.52. The summed E-state index contributed by atoms with van der Waals surface area (Å²) in [5.41, 5.74) is 3.76. The van der Waals surface area contributed by atoms with E-state index >= 15 is 0 Å². The van der Waals surface area contributed by atoms with E-state index in [1.54, 1.807) is 0 Å². The molecule has 0 atom stereocenters. The van der Waals surface area contributed by atoms with E-state index in [1.807, 2.05) is 0 Å². The van der Waals surface area contributed by atoms with Crippen molar-refractivity contribution < 1.29 is 0 Å². The lowest BCUT2D eigenvalue weighted by Crippen LogP contribution is -2.01. The van der Waals surface area contributed by atoms with Gasteiger partial charge in [0.1, 0.15) is 0 Å². The molecule has 1 fully saturated rings. The van der Waals surface area contributed by atoms with Crippen LogP contribution in [0.1, 0.15) is 58.8 Å². The Labute approximate surface area is 81.7 Å². The summed E-state index contributed by atoms with van der Waals surface area (Å²) in [4.78, 5) is 0. The molecule has 1 N–H and O–H groups in total. The quantitative estimate of drug-likeness (QED) is 0.617. The minimum absolute atomic E-state index is 0.920. The maximum absolute atomic E-state index is 7.94. The van der Waals surface area contributed by atoms with E-state index in [4.69, 9.17) is 5.41 Å². The smallest absolute Gasteiger partial charge is 0.0345 e. The van der Waals surface area contributed by atoms with Crippen LogP contribution in [0.5, 0.6) is 0 Å². The molecule has 0 aliphatic heterocycles. The highest BCUT2D eigenvalue weighted by Gasteiger charge is 2.11. The van der Waals surface area contributed by atoms with Gasteiger partial charge >= 0.3 is 0 Å². The molecule has 1 rings (SSSR count). The van der Waals surface area contributed by atoms with Gasteiger partial charge in [-0.25, -0.2) is 0 Å². The van der Waals surface area contributed by atoms with Crippen molar-refractivity contribution in [1.29, 1.82) is 5.41 Å². The van der Waals surface area contributed by atoms with Crippen LogP contribution in [0.25, 0.3) is 0 Å². The van der Waals surface area contributed by atoms with Crippen molar-refractivity contribution in [2.24, 2.45) is 0 Å². The third-order valence-corrected chi connectivity index (χ3v) is 2.86. The molecule has 1 aliphatic rings. The molecule has 0 bridgehead atoms. The average Bonchev–Trinajstić information content (AvgIpc) is 2.30. The highest BCUT2D eigenvalue weighted by molar-refractivity contribution is 5.98. The number of hydrogen-bond acceptors (Lipinski definition) is 1. The van der Waals surface area contributed by atoms with Gasteiger partial charge in [0.2, 0.25) is 0 Å². The topological polar surface area (TPSA) is 23.9 Å². The second-order valence-electron chi connectivity index (χ2n) is 4.05. The molecule has 13 heavy (non-hydrogen) atoms. The third kappa shape index (κ3) is 2.98. The van der Waals surface area contributed by atoms with E-state index in [0.29, 0.717) is 0 Å². The fourth-order valence-electron chi connectivity index (χ4n) is 2.08. The summed E-state index contributed by atoms with van der Waals surface area (Å²) in [6.45, 7) is 4.42. The van der Waals surface area contributed by atoms with Gasteiger partial charge in [0.05, 0.1) is 0 Å². The van der Waals surface area contributed by atoms with Gasteiger partial charge in [-0.1, -0.05) is 25.3 Å². The van der Waals surface area contributed by atoms with Gasteiger partial charge in [-0.15, -0.1) is 0 Å². The van der Waals surface area contributed by atoms with E-state index in [1.165, 1.54) is 43.3 Å². The Morgan fingerprint density at radius 2 is 1.92 bits per heavy atom. The van der Waals surface area contributed by atoms with Gasteiger partial charge in [-0.3, -0.25) is 0 Å². The minimum Gasteiger partial charge on any atom is -0.305 e. The van der Waals surface area contributed by atoms with Crippen LogP contribution in [-0.4, -0.2) is 5.71 Å². The second kappa shape index (κ2) is 5.21. The maximum Gasteiger partial charge on any atom is 0.0345 e. The molecular weight excluding hydrogens is 158 g/mol. The largest absolute Gasteiger partial charge is 0.305 e. The second-order valence-corrected chi connectivity index (χ2v) is 4.05. The summed E-state index contributed by atoms with van der Waals surface area (Å²) >= 11 is 0. The van der Waals surface area contributed by atoms with E-state index in [-0.39, 0.29) is 0 Å². The molecule has 0 aromatic heterocycles. The standard InChI is InChI=1S/C12H21N/c1-3-7-10(2)11-8-5-4-6-9-12(11)13/h13H,3-9H2,1-2H3/b11-10+,13-12?. The van der Waals surface area contributed by atoms with Crippen molar-refractivity contribution in [3.8, 4) is 0 Å². The molecule has 1 aliphatic carbocycles. The zero-order valence-electron chi connectivity index (χ0n) is 8.95. The molecule has 0 amide bonds. The normalized spacial score (nSPS) is 22.8. The monoisotopic (exact) mass is 179 g/mol. The summed E-state index contributed by atoms with van der Waals surface area (Å²) in [5, 5.41) is 7.94. The SMILES string of the molecule is CCC/C(C)=C1\CCCCCC1=N. The predicted octanol–water partition coefficient (Wildman–Crippen LogP) is 4.09. The first-order valence-electron chi connectivity index (χ1n) is 5.52. The van der Waals surface area contributed by atoms with Crippen molar-refractivity contribution in [1.82, 2.24) is 0 Å². The maximum atomic E-state index is 7.94. The van der Waals surface area contributed by atoms with E-state index in [9.17, 15) is 0 Å². The molecule has 0 radical (unpaired) electrons. The summed E-state index contributed by atoms with van der Waals surface area (Å²) in [6, 6.07) is 0. The van der Waals surface area contributed by atoms with Crippen molar-refractivity contribution in [3.63, 3.8) is 0 Å². The van der Waals surface area contributed by atoms with Crippen LogP contribution >= 0.6 is 0 Å². The lowest BCUT2D eigenvalue weighted by atomic mass is 9.97. The summed E-state index contributed by atoms with van der Waals surface area (Å²) in [5.74, 6) is 0. The van der Waals surface area contributed by atoms with Crippen LogP contribution < -0.4 is 0 Å². The predicted molar refractivity (Wildman–Crippen MR) is 58.4 cm³/mol. The first kappa shape index (κ1) is 10.5. The fourth-order valence-corrected chi connectivity index (χ4v) is 2.08. The van der Waals surface area contributed by atoms with Crippen molar-refractivity contribution in [3.05, 3.63) is 11.1 Å². The Morgan fingerprint density at radius 3 is 2.62 bits per heavy atom. The zero-order chi connectivity index (χ0) is 9.68. The lowest BCUT2D eigenvalue weighted by Gasteiger charge is -2.09. The average molecular weight is 179 g/mol. The fraction of sp³-hybridized carbons (Fsp3) is 0.750. The molecule has 0 unspecified atom stereocenters. The Bertz CT molecular complexity index is 213. The van der Waals surface area contributed by atoms with Crippen LogP contribution in [0.4, 0.5) is 0 Å². The van der Waals surface area contributed by atoms with Crippen LogP contribution in [0.2, 0.25) is 0 Å². The molecule has 0 aromatic carbocycles. The van der Waals surface area contributed by atoms with Crippen LogP contribution in [-0.2, 0) is 0 Å². The number of allylic oxidation sites excluding steroid dienone is 2. The number of rotatable bonds is 2. The molecule has 0 spiro atoms. The van der Waals surface area contributed by atoms with Gasteiger partial charge in [0.15, 0.2) is 0 Å². The van der Waals surface area contributed by atoms with E-state index in [2.05, 4.69) is 13.8 Å². The Kier molecular flexibility index (Phi) is 4.20. The van der Waals surface area contributed by atoms with Gasteiger partial charge in [0, 0.05) is 5.71 Å². The Balaban J connectivity index is 2.73. The minimum atomic E-state index is 0.920. The number of nitrogens with one attached hydrogen (secondary N) is 1. The van der Waals surface area contributed by atoms with Crippen molar-refractivity contribution in [2.45, 2.75) is 58.8 Å². The van der Waals surface area contributed by atoms with E-state index in [0.717, 1.165) is 18.6 Å². The molecular formula is C12H21N. The molecule has 0 heterocycles. The summed E-state index contributed by atoms with van der Waals surface area (Å²) in [6.07, 6.45) is 8.38. The molecule has 0 aromatic rings. The highest BCUT2D eigenvalue weighted by atomic mass is 14.4. The Morgan fingerprint density at radius 1 is 1.23 bits per heavy atom. The molecule has 1 nitrogen and oxygen atoms in total. The molecule has 0 saturated heterocycles. The van der Waals surface area contributed by atoms with Crippen LogP contribution in [0, 0.1) is 5.41 Å². The highest BCUT2D eigenvalue weighted by Crippen LogP contribution is 2.24. The molecule has 74 valence electrons. The van der Waals surface area contributed by atoms with Gasteiger partial charge in [0.25, 0.3) is 0 Å². The van der Waals surface area contributed by atoms with Crippen LogP contribution in [0.3, 0.4) is 0 Å². The van der Waals surface area contributed by atoms with Gasteiger partial charge in [-0.2, -0.15) is 0 Å². The third-order valence-electron chi connectivity index (χ3n) is 2.86. The molecule has 1 saturated carbocycles. The first-order chi connectivity index (χ1) is 6.25. The van der Waals surface area contributed by atoms with Gasteiger partial charge in [-0.05, 0) is 44.6 Å². The van der Waals surface area contributed by atoms with Crippen LogP contribution in [0.15, 0.2) is 11.1 Å².